The molecule has 60 valence electrons. The molecule has 0 radical (unpaired) electrons. The second-order valence-electron chi connectivity index (χ2n) is 2.03. The molecule has 0 aliphatic rings. The van der Waals surface area contributed by atoms with Gasteiger partial charge in [-0.3, -0.25) is 0 Å². The van der Waals surface area contributed by atoms with E-state index in [1.54, 1.807) is 11.6 Å². The lowest BCUT2D eigenvalue weighted by Crippen LogP contribution is -2.10. The minimum absolute atomic E-state index is 0.334. The standard InChI is InChI=1S/C6H8N2O3/c1-8-4-7-2-5(8)11-3-6(9)10/h2,4H,3H2,1H3,(H,9,10). The van der Waals surface area contributed by atoms with Crippen molar-refractivity contribution in [3.63, 3.8) is 0 Å². The highest BCUT2D eigenvalue weighted by molar-refractivity contribution is 5.68. The van der Waals surface area contributed by atoms with Crippen molar-refractivity contribution in [3.8, 4) is 5.88 Å². The first kappa shape index (κ1) is 7.59. The number of ether oxygens (including phenoxy) is 1. The molecule has 1 N–H and O–H groups in total. The van der Waals surface area contributed by atoms with Crippen molar-refractivity contribution in [2.24, 2.45) is 7.05 Å². The molecule has 0 aliphatic carbocycles. The molecule has 5 nitrogen and oxygen atoms in total. The maximum atomic E-state index is 10.1. The number of rotatable bonds is 3. The Kier molecular flexibility index (Phi) is 2.10. The van der Waals surface area contributed by atoms with E-state index in [0.717, 1.165) is 0 Å². The van der Waals surface area contributed by atoms with E-state index in [1.165, 1.54) is 12.5 Å². The summed E-state index contributed by atoms with van der Waals surface area (Å²) in [5.41, 5.74) is 0. The first-order valence-corrected chi connectivity index (χ1v) is 3.01. The summed E-state index contributed by atoms with van der Waals surface area (Å²) in [4.78, 5) is 13.8. The van der Waals surface area contributed by atoms with Gasteiger partial charge in [0.1, 0.15) is 0 Å². The Balaban J connectivity index is 2.51. The molecule has 5 heteroatoms. The van der Waals surface area contributed by atoms with Crippen LogP contribution in [0.25, 0.3) is 0 Å². The Bertz CT molecular complexity index is 256. The predicted molar refractivity (Wildman–Crippen MR) is 36.3 cm³/mol. The summed E-state index contributed by atoms with van der Waals surface area (Å²) in [5, 5.41) is 8.25. The quantitative estimate of drug-likeness (QED) is 0.662. The van der Waals surface area contributed by atoms with E-state index in [0.29, 0.717) is 5.88 Å². The van der Waals surface area contributed by atoms with Gasteiger partial charge in [0.05, 0.1) is 12.5 Å². The summed E-state index contributed by atoms with van der Waals surface area (Å²) in [5.74, 6) is -0.543. The third-order valence-corrected chi connectivity index (χ3v) is 1.12. The fraction of sp³-hybridized carbons (Fsp3) is 0.333. The summed E-state index contributed by atoms with van der Waals surface area (Å²) in [6.07, 6.45) is 3.00. The molecule has 0 atom stereocenters. The van der Waals surface area contributed by atoms with Gasteiger partial charge in [-0.05, 0) is 0 Å². The Morgan fingerprint density at radius 3 is 3.09 bits per heavy atom. The minimum Gasteiger partial charge on any atom is -0.479 e. The summed E-state index contributed by atoms with van der Waals surface area (Å²) in [6, 6.07) is 0. The smallest absolute Gasteiger partial charge is 0.341 e. The second-order valence-corrected chi connectivity index (χ2v) is 2.03. The van der Waals surface area contributed by atoms with Gasteiger partial charge in [-0.2, -0.15) is 0 Å². The highest BCUT2D eigenvalue weighted by atomic mass is 16.5. The van der Waals surface area contributed by atoms with E-state index in [1.807, 2.05) is 0 Å². The van der Waals surface area contributed by atoms with Gasteiger partial charge in [-0.1, -0.05) is 0 Å². The Labute approximate surface area is 63.2 Å². The van der Waals surface area contributed by atoms with E-state index >= 15 is 0 Å². The van der Waals surface area contributed by atoms with Crippen molar-refractivity contribution in [2.45, 2.75) is 0 Å². The van der Waals surface area contributed by atoms with E-state index in [2.05, 4.69) is 4.98 Å². The normalized spacial score (nSPS) is 9.55. The van der Waals surface area contributed by atoms with Crippen LogP contribution >= 0.6 is 0 Å². The number of nitrogens with zero attached hydrogens (tertiary/aromatic N) is 2. The SMILES string of the molecule is Cn1cncc1OCC(=O)O. The molecular weight excluding hydrogens is 148 g/mol. The third-order valence-electron chi connectivity index (χ3n) is 1.12. The highest BCUT2D eigenvalue weighted by Gasteiger charge is 2.01. The van der Waals surface area contributed by atoms with Gasteiger partial charge < -0.3 is 14.4 Å². The fourth-order valence-electron chi connectivity index (χ4n) is 0.620. The van der Waals surface area contributed by atoms with Crippen LogP contribution in [0.15, 0.2) is 12.5 Å². The number of hydrogen-bond donors (Lipinski definition) is 1. The summed E-state index contributed by atoms with van der Waals surface area (Å²) < 4.78 is 6.44. The van der Waals surface area contributed by atoms with Crippen molar-refractivity contribution < 1.29 is 14.6 Å². The van der Waals surface area contributed by atoms with E-state index in [9.17, 15) is 4.79 Å². The molecule has 0 bridgehead atoms. The topological polar surface area (TPSA) is 64.4 Å². The lowest BCUT2D eigenvalue weighted by molar-refractivity contribution is -0.139. The average molecular weight is 156 g/mol. The number of carboxylic acids is 1. The summed E-state index contributed by atoms with van der Waals surface area (Å²) in [7, 11) is 1.73. The number of carboxylic acid groups (broad SMARTS) is 1. The van der Waals surface area contributed by atoms with E-state index < -0.39 is 5.97 Å². The number of aryl methyl sites for hydroxylation is 1. The Morgan fingerprint density at radius 2 is 2.64 bits per heavy atom. The molecule has 0 spiro atoms. The van der Waals surface area contributed by atoms with E-state index in [-0.39, 0.29) is 6.61 Å². The molecule has 1 rings (SSSR count). The number of aliphatic carboxylic acids is 1. The van der Waals surface area contributed by atoms with Crippen LogP contribution in [-0.2, 0) is 11.8 Å². The van der Waals surface area contributed by atoms with Crippen molar-refractivity contribution in [2.75, 3.05) is 6.61 Å². The number of aromatic nitrogens is 2. The highest BCUT2D eigenvalue weighted by Crippen LogP contribution is 2.05. The van der Waals surface area contributed by atoms with Crippen LogP contribution in [0.4, 0.5) is 0 Å². The molecule has 0 aliphatic heterocycles. The summed E-state index contributed by atoms with van der Waals surface area (Å²) in [6.45, 7) is -0.334. The maximum Gasteiger partial charge on any atom is 0.341 e. The molecule has 0 fully saturated rings. The summed E-state index contributed by atoms with van der Waals surface area (Å²) >= 11 is 0. The van der Waals surface area contributed by atoms with Crippen LogP contribution < -0.4 is 4.74 Å². The number of imidazole rings is 1. The molecule has 11 heavy (non-hydrogen) atoms. The zero-order valence-electron chi connectivity index (χ0n) is 6.02. The molecule has 1 heterocycles. The van der Waals surface area contributed by atoms with Crippen molar-refractivity contribution in [1.29, 1.82) is 0 Å². The lowest BCUT2D eigenvalue weighted by Gasteiger charge is -2.01. The van der Waals surface area contributed by atoms with Crippen LogP contribution in [-0.4, -0.2) is 27.2 Å². The molecule has 0 unspecified atom stereocenters. The fourth-order valence-corrected chi connectivity index (χ4v) is 0.620. The van der Waals surface area contributed by atoms with E-state index in [4.69, 9.17) is 9.84 Å². The van der Waals surface area contributed by atoms with Crippen LogP contribution in [0.5, 0.6) is 5.88 Å². The van der Waals surface area contributed by atoms with Gasteiger partial charge in [0.25, 0.3) is 0 Å². The number of hydrogen-bond acceptors (Lipinski definition) is 3. The van der Waals surface area contributed by atoms with Crippen LogP contribution in [0.3, 0.4) is 0 Å². The van der Waals surface area contributed by atoms with Crippen LogP contribution in [0.2, 0.25) is 0 Å². The zero-order valence-corrected chi connectivity index (χ0v) is 6.02. The molecular formula is C6H8N2O3. The van der Waals surface area contributed by atoms with Crippen LogP contribution in [0, 0.1) is 0 Å². The van der Waals surface area contributed by atoms with Gasteiger partial charge in [0.15, 0.2) is 6.61 Å². The number of carbonyl (C=O) groups is 1. The van der Waals surface area contributed by atoms with Gasteiger partial charge in [0, 0.05) is 7.05 Å². The third kappa shape index (κ3) is 1.96. The molecule has 0 saturated heterocycles. The lowest BCUT2D eigenvalue weighted by atomic mass is 10.7. The van der Waals surface area contributed by atoms with Gasteiger partial charge in [0.2, 0.25) is 5.88 Å². The van der Waals surface area contributed by atoms with Crippen molar-refractivity contribution in [3.05, 3.63) is 12.5 Å². The first-order chi connectivity index (χ1) is 5.20. The molecule has 0 saturated carbocycles. The second kappa shape index (κ2) is 3.05. The van der Waals surface area contributed by atoms with Gasteiger partial charge in [-0.15, -0.1) is 0 Å². The largest absolute Gasteiger partial charge is 0.479 e. The maximum absolute atomic E-state index is 10.1. The van der Waals surface area contributed by atoms with Gasteiger partial charge >= 0.3 is 5.97 Å². The average Bonchev–Trinajstić information content (AvgIpc) is 2.31. The Hall–Kier alpha value is -1.52. The molecule has 1 aromatic rings. The van der Waals surface area contributed by atoms with Gasteiger partial charge in [-0.25, -0.2) is 9.78 Å². The first-order valence-electron chi connectivity index (χ1n) is 3.01. The molecule has 0 amide bonds. The van der Waals surface area contributed by atoms with Crippen molar-refractivity contribution >= 4 is 5.97 Å². The zero-order chi connectivity index (χ0) is 8.27. The predicted octanol–water partition coefficient (Wildman–Crippen LogP) is -0.117. The Morgan fingerprint density at radius 1 is 1.91 bits per heavy atom. The monoisotopic (exact) mass is 156 g/mol. The minimum atomic E-state index is -0.994. The van der Waals surface area contributed by atoms with Crippen LogP contribution in [0.1, 0.15) is 0 Å². The van der Waals surface area contributed by atoms with Crippen molar-refractivity contribution in [1.82, 2.24) is 9.55 Å². The molecule has 0 aromatic carbocycles. The molecule has 1 aromatic heterocycles.